The van der Waals surface area contributed by atoms with Crippen LogP contribution in [0.1, 0.15) is 0 Å². The molecule has 0 spiro atoms. The lowest BCUT2D eigenvalue weighted by Crippen LogP contribution is -2.10. The largest absolute Gasteiger partial charge is 0.308 e. The minimum absolute atomic E-state index is 1.01. The molecular weight excluding hydrogens is 645 g/mol. The highest BCUT2D eigenvalue weighted by atomic mass is 15.2. The fourth-order valence-corrected chi connectivity index (χ4v) is 9.72. The molecule has 0 saturated heterocycles. The van der Waals surface area contributed by atoms with Crippen molar-refractivity contribution in [3.63, 3.8) is 0 Å². The third kappa shape index (κ3) is 3.34. The number of anilines is 3. The van der Waals surface area contributed by atoms with Crippen molar-refractivity contribution in [2.45, 2.75) is 0 Å². The van der Waals surface area contributed by atoms with Gasteiger partial charge < -0.3 is 9.30 Å². The maximum absolute atomic E-state index is 5.44. The summed E-state index contributed by atoms with van der Waals surface area (Å²) >= 11 is 0. The zero-order valence-electron chi connectivity index (χ0n) is 28.5. The van der Waals surface area contributed by atoms with Crippen molar-refractivity contribution >= 4 is 115 Å². The van der Waals surface area contributed by atoms with E-state index in [0.717, 1.165) is 28.2 Å². The molecule has 0 bridgehead atoms. The van der Waals surface area contributed by atoms with E-state index in [1.165, 1.54) is 86.7 Å². The molecule has 5 heterocycles. The Kier molecular flexibility index (Phi) is 5.08. The first-order chi connectivity index (χ1) is 26.3. The molecule has 0 amide bonds. The van der Waals surface area contributed by atoms with E-state index in [0.29, 0.717) is 0 Å². The van der Waals surface area contributed by atoms with E-state index < -0.39 is 0 Å². The van der Waals surface area contributed by atoms with Crippen LogP contribution in [-0.2, 0) is 0 Å². The normalized spacial score (nSPS) is 12.5. The summed E-state index contributed by atoms with van der Waals surface area (Å²) in [5, 5.41) is 15.1. The molecule has 13 rings (SSSR count). The van der Waals surface area contributed by atoms with Gasteiger partial charge in [-0.2, -0.15) is 0 Å². The van der Waals surface area contributed by atoms with E-state index in [1.54, 1.807) is 0 Å². The molecule has 0 N–H and O–H groups in total. The van der Waals surface area contributed by atoms with E-state index in [2.05, 4.69) is 184 Å². The summed E-state index contributed by atoms with van der Waals surface area (Å²) in [6.07, 6.45) is 2.13. The maximum atomic E-state index is 5.44. The second-order valence-electron chi connectivity index (χ2n) is 14.3. The molecule has 0 saturated carbocycles. The van der Waals surface area contributed by atoms with Gasteiger partial charge in [0, 0.05) is 54.5 Å². The summed E-state index contributed by atoms with van der Waals surface area (Å²) < 4.78 is 4.94. The van der Waals surface area contributed by atoms with Crippen LogP contribution < -0.4 is 4.90 Å². The zero-order chi connectivity index (χ0) is 34.4. The number of para-hydroxylation sites is 4. The van der Waals surface area contributed by atoms with E-state index in [1.807, 2.05) is 0 Å². The molecule has 5 aromatic heterocycles. The second-order valence-corrected chi connectivity index (χ2v) is 14.3. The van der Waals surface area contributed by atoms with Crippen molar-refractivity contribution in [3.05, 3.63) is 170 Å². The fraction of sp³-hybridized carbons (Fsp3) is 0. The number of fused-ring (bicyclic) bond motifs is 17. The van der Waals surface area contributed by atoms with Crippen molar-refractivity contribution in [2.75, 3.05) is 4.90 Å². The van der Waals surface area contributed by atoms with Gasteiger partial charge in [-0.05, 0) is 64.0 Å². The quantitative estimate of drug-likeness (QED) is 0.187. The lowest BCUT2D eigenvalue weighted by molar-refractivity contribution is 1.25. The third-order valence-electron chi connectivity index (χ3n) is 11.7. The first-order valence-corrected chi connectivity index (χ1v) is 18.2. The average molecular weight is 673 g/mol. The van der Waals surface area contributed by atoms with Gasteiger partial charge in [0.2, 0.25) is 0 Å². The molecule has 0 atom stereocenters. The number of benzene rings is 8. The molecule has 244 valence electrons. The molecular formula is C49H28N4. The summed E-state index contributed by atoms with van der Waals surface area (Å²) in [6, 6.07) is 59.6. The van der Waals surface area contributed by atoms with Gasteiger partial charge in [-0.15, -0.1) is 0 Å². The number of rotatable bonds is 3. The van der Waals surface area contributed by atoms with Crippen LogP contribution in [0.5, 0.6) is 0 Å². The SMILES string of the molecule is c1ccc(N(c2ccccc2)c2cccc3c4cccc5c6c7c8cc9ccccc9c9c%10c%11ccccc%11ccc%10n(c7ncc6n(c23)c45)c89)cc1. The van der Waals surface area contributed by atoms with E-state index in [9.17, 15) is 0 Å². The zero-order valence-corrected chi connectivity index (χ0v) is 28.5. The van der Waals surface area contributed by atoms with Crippen LogP contribution in [0.15, 0.2) is 170 Å². The van der Waals surface area contributed by atoms with Crippen LogP contribution in [0, 0.1) is 0 Å². The van der Waals surface area contributed by atoms with Gasteiger partial charge in [-0.3, -0.25) is 4.40 Å². The first kappa shape index (κ1) is 27.5. The lowest BCUT2D eigenvalue weighted by Gasteiger charge is -2.26. The number of hydrogen-bond donors (Lipinski definition) is 0. The summed E-state index contributed by atoms with van der Waals surface area (Å²) in [4.78, 5) is 7.83. The van der Waals surface area contributed by atoms with Crippen LogP contribution in [0.4, 0.5) is 17.1 Å². The average Bonchev–Trinajstić information content (AvgIpc) is 3.95. The Morgan fingerprint density at radius 1 is 0.377 bits per heavy atom. The predicted molar refractivity (Wildman–Crippen MR) is 223 cm³/mol. The number of aromatic nitrogens is 3. The summed E-state index contributed by atoms with van der Waals surface area (Å²) in [6.45, 7) is 0. The minimum Gasteiger partial charge on any atom is -0.308 e. The van der Waals surface area contributed by atoms with Gasteiger partial charge in [0.15, 0.2) is 0 Å². The smallest absolute Gasteiger partial charge is 0.146 e. The Morgan fingerprint density at radius 2 is 0.981 bits per heavy atom. The molecule has 0 aliphatic carbocycles. The second kappa shape index (κ2) is 9.78. The van der Waals surface area contributed by atoms with Crippen molar-refractivity contribution in [2.24, 2.45) is 0 Å². The van der Waals surface area contributed by atoms with Crippen LogP contribution in [0.2, 0.25) is 0 Å². The van der Waals surface area contributed by atoms with Gasteiger partial charge in [-0.1, -0.05) is 121 Å². The molecule has 0 unspecified atom stereocenters. The molecule has 0 radical (unpaired) electrons. The maximum Gasteiger partial charge on any atom is 0.146 e. The van der Waals surface area contributed by atoms with Crippen molar-refractivity contribution in [1.29, 1.82) is 0 Å². The van der Waals surface area contributed by atoms with Gasteiger partial charge in [0.05, 0.1) is 39.5 Å². The number of pyridine rings is 1. The molecule has 0 aliphatic heterocycles. The highest BCUT2D eigenvalue weighted by Crippen LogP contribution is 2.50. The lowest BCUT2D eigenvalue weighted by atomic mass is 9.97. The van der Waals surface area contributed by atoms with E-state index in [4.69, 9.17) is 4.98 Å². The number of nitrogens with zero attached hydrogens (tertiary/aromatic N) is 4. The Morgan fingerprint density at radius 3 is 1.75 bits per heavy atom. The molecule has 0 fully saturated rings. The Balaban J connectivity index is 1.24. The summed E-state index contributed by atoms with van der Waals surface area (Å²) in [7, 11) is 0. The van der Waals surface area contributed by atoms with Crippen LogP contribution in [-0.4, -0.2) is 13.8 Å². The Hall–Kier alpha value is -7.17. The predicted octanol–water partition coefficient (Wildman–Crippen LogP) is 13.2. The van der Waals surface area contributed by atoms with Gasteiger partial charge in [0.25, 0.3) is 0 Å². The van der Waals surface area contributed by atoms with Crippen LogP contribution >= 0.6 is 0 Å². The first-order valence-electron chi connectivity index (χ1n) is 18.2. The Bertz CT molecular complexity index is 3580. The van der Waals surface area contributed by atoms with Crippen molar-refractivity contribution in [1.82, 2.24) is 13.8 Å². The summed E-state index contributed by atoms with van der Waals surface area (Å²) in [5.74, 6) is 0. The van der Waals surface area contributed by atoms with Gasteiger partial charge in [-0.25, -0.2) is 4.98 Å². The molecule has 13 aromatic rings. The van der Waals surface area contributed by atoms with Gasteiger partial charge in [0.1, 0.15) is 5.65 Å². The minimum atomic E-state index is 1.01. The molecule has 4 heteroatoms. The van der Waals surface area contributed by atoms with Crippen molar-refractivity contribution in [3.8, 4) is 0 Å². The molecule has 8 aromatic carbocycles. The topological polar surface area (TPSA) is 24.9 Å². The molecule has 0 aliphatic rings. The van der Waals surface area contributed by atoms with E-state index in [-0.39, 0.29) is 0 Å². The van der Waals surface area contributed by atoms with Crippen LogP contribution in [0.3, 0.4) is 0 Å². The highest BCUT2D eigenvalue weighted by Gasteiger charge is 2.28. The molecule has 4 nitrogen and oxygen atoms in total. The van der Waals surface area contributed by atoms with E-state index >= 15 is 0 Å². The fourth-order valence-electron chi connectivity index (χ4n) is 9.72. The van der Waals surface area contributed by atoms with Crippen LogP contribution in [0.25, 0.3) is 97.9 Å². The monoisotopic (exact) mass is 672 g/mol. The molecule has 53 heavy (non-hydrogen) atoms. The third-order valence-corrected chi connectivity index (χ3v) is 11.7. The number of hydrogen-bond acceptors (Lipinski definition) is 2. The standard InChI is InChI=1S/C49H28N4/c1-3-15-31(16-4-1)51(32-17-5-2-6-18-32)40-24-12-22-36-35-21-11-23-37-43-41(52(46(35)37)47(36)40)28-50-49-45(43)38-27-30-14-8-10-20-34(30)44-42-33-19-9-7-13-29(33)25-26-39(42)53(49)48(38)44/h1-28H. The highest BCUT2D eigenvalue weighted by molar-refractivity contribution is 6.39. The van der Waals surface area contributed by atoms with Gasteiger partial charge >= 0.3 is 0 Å². The Labute approximate surface area is 302 Å². The summed E-state index contributed by atoms with van der Waals surface area (Å²) in [5.41, 5.74) is 10.4. The van der Waals surface area contributed by atoms with Crippen molar-refractivity contribution < 1.29 is 0 Å².